The number of nitrogens with one attached hydrogen (secondary N) is 1. The first-order valence-corrected chi connectivity index (χ1v) is 7.38. The van der Waals surface area contributed by atoms with Crippen LogP contribution in [0.2, 0.25) is 0 Å². The fourth-order valence-corrected chi connectivity index (χ4v) is 2.46. The van der Waals surface area contributed by atoms with Crippen LogP contribution in [0.15, 0.2) is 24.3 Å². The molecule has 2 aliphatic carbocycles. The monoisotopic (exact) mass is 261 g/mol. The van der Waals surface area contributed by atoms with E-state index in [1.807, 2.05) is 12.1 Å². The summed E-state index contributed by atoms with van der Waals surface area (Å²) in [7, 11) is 1.73. The van der Waals surface area contributed by atoms with Crippen molar-refractivity contribution in [2.24, 2.45) is 0 Å². The first kappa shape index (κ1) is 12.9. The van der Waals surface area contributed by atoms with E-state index in [-0.39, 0.29) is 6.10 Å². The molecule has 0 aliphatic heterocycles. The first-order valence-electron chi connectivity index (χ1n) is 7.38. The van der Waals surface area contributed by atoms with Crippen LogP contribution < -0.4 is 10.1 Å². The topological polar surface area (TPSA) is 30.5 Å². The average Bonchev–Trinajstić information content (AvgIpc) is 3.21. The van der Waals surface area contributed by atoms with Crippen LogP contribution in [0.4, 0.5) is 0 Å². The molecule has 3 nitrogen and oxygen atoms in total. The van der Waals surface area contributed by atoms with Gasteiger partial charge in [0.15, 0.2) is 0 Å². The average molecular weight is 261 g/mol. The molecule has 1 aromatic carbocycles. The lowest BCUT2D eigenvalue weighted by Gasteiger charge is -2.31. The van der Waals surface area contributed by atoms with Crippen molar-refractivity contribution in [3.05, 3.63) is 29.8 Å². The highest BCUT2D eigenvalue weighted by atomic mass is 16.5. The van der Waals surface area contributed by atoms with E-state index in [9.17, 15) is 0 Å². The molecule has 1 aromatic rings. The van der Waals surface area contributed by atoms with E-state index < -0.39 is 0 Å². The van der Waals surface area contributed by atoms with Crippen LogP contribution in [0.3, 0.4) is 0 Å². The Kier molecular flexibility index (Phi) is 4.04. The zero-order valence-corrected chi connectivity index (χ0v) is 11.6. The molecule has 1 atom stereocenters. The van der Waals surface area contributed by atoms with Gasteiger partial charge in [-0.1, -0.05) is 18.2 Å². The van der Waals surface area contributed by atoms with Crippen LogP contribution in [-0.2, 0) is 4.74 Å². The molecule has 0 bridgehead atoms. The summed E-state index contributed by atoms with van der Waals surface area (Å²) < 4.78 is 11.7. The van der Waals surface area contributed by atoms with E-state index >= 15 is 0 Å². The molecule has 1 N–H and O–H groups in total. The van der Waals surface area contributed by atoms with Gasteiger partial charge in [-0.3, -0.25) is 0 Å². The Morgan fingerprint density at radius 2 is 2.00 bits per heavy atom. The van der Waals surface area contributed by atoms with Gasteiger partial charge in [0.05, 0.1) is 19.3 Å². The highest BCUT2D eigenvalue weighted by molar-refractivity contribution is 5.35. The molecule has 2 fully saturated rings. The Morgan fingerprint density at radius 3 is 2.63 bits per heavy atom. The Bertz CT molecular complexity index is 413. The molecule has 0 amide bonds. The van der Waals surface area contributed by atoms with E-state index in [4.69, 9.17) is 9.47 Å². The zero-order valence-electron chi connectivity index (χ0n) is 11.6. The van der Waals surface area contributed by atoms with Crippen LogP contribution >= 0.6 is 0 Å². The van der Waals surface area contributed by atoms with Crippen molar-refractivity contribution in [2.45, 2.75) is 50.4 Å². The van der Waals surface area contributed by atoms with Crippen molar-refractivity contribution in [2.75, 3.05) is 13.7 Å². The van der Waals surface area contributed by atoms with Gasteiger partial charge in [-0.05, 0) is 38.2 Å². The Labute approximate surface area is 115 Å². The van der Waals surface area contributed by atoms with Crippen LogP contribution in [-0.4, -0.2) is 25.8 Å². The van der Waals surface area contributed by atoms with Gasteiger partial charge in [0.2, 0.25) is 0 Å². The van der Waals surface area contributed by atoms with Crippen molar-refractivity contribution in [3.8, 4) is 5.75 Å². The van der Waals surface area contributed by atoms with E-state index in [2.05, 4.69) is 17.4 Å². The van der Waals surface area contributed by atoms with Gasteiger partial charge in [-0.25, -0.2) is 0 Å². The van der Waals surface area contributed by atoms with Crippen molar-refractivity contribution < 1.29 is 9.47 Å². The summed E-state index contributed by atoms with van der Waals surface area (Å²) in [5, 5.41) is 3.58. The maximum Gasteiger partial charge on any atom is 0.124 e. The molecule has 2 saturated carbocycles. The number of para-hydroxylation sites is 1. The molecule has 3 rings (SSSR count). The van der Waals surface area contributed by atoms with Crippen molar-refractivity contribution in [1.82, 2.24) is 5.32 Å². The molecular formula is C16H23NO2. The third kappa shape index (κ3) is 3.28. The number of hydrogen-bond acceptors (Lipinski definition) is 3. The van der Waals surface area contributed by atoms with Gasteiger partial charge in [-0.15, -0.1) is 0 Å². The van der Waals surface area contributed by atoms with E-state index in [0.29, 0.717) is 12.1 Å². The van der Waals surface area contributed by atoms with Crippen molar-refractivity contribution in [3.63, 3.8) is 0 Å². The summed E-state index contributed by atoms with van der Waals surface area (Å²) in [6.45, 7) is 0.890. The fourth-order valence-electron chi connectivity index (χ4n) is 2.46. The lowest BCUT2D eigenvalue weighted by atomic mass is 9.95. The summed E-state index contributed by atoms with van der Waals surface area (Å²) >= 11 is 0. The third-order valence-corrected chi connectivity index (χ3v) is 4.06. The van der Waals surface area contributed by atoms with Crippen molar-refractivity contribution >= 4 is 0 Å². The molecule has 3 heteroatoms. The van der Waals surface area contributed by atoms with Crippen LogP contribution in [0, 0.1) is 0 Å². The summed E-state index contributed by atoms with van der Waals surface area (Å²) in [5.41, 5.74) is 1.17. The van der Waals surface area contributed by atoms with E-state index in [0.717, 1.165) is 12.3 Å². The van der Waals surface area contributed by atoms with Gasteiger partial charge < -0.3 is 14.8 Å². The van der Waals surface area contributed by atoms with Gasteiger partial charge in [-0.2, -0.15) is 0 Å². The summed E-state index contributed by atoms with van der Waals surface area (Å²) in [4.78, 5) is 0. The molecular weight excluding hydrogens is 238 g/mol. The highest BCUT2D eigenvalue weighted by Crippen LogP contribution is 2.33. The molecule has 104 valence electrons. The molecule has 0 heterocycles. The maximum atomic E-state index is 6.25. The van der Waals surface area contributed by atoms with E-state index in [1.165, 1.54) is 37.7 Å². The molecule has 0 saturated heterocycles. The summed E-state index contributed by atoms with van der Waals surface area (Å²) in [5.74, 6) is 0.935. The first-order chi connectivity index (χ1) is 9.36. The number of methoxy groups -OCH3 is 1. The summed E-state index contributed by atoms with van der Waals surface area (Å²) in [6.07, 6.45) is 6.88. The second-order valence-corrected chi connectivity index (χ2v) is 5.60. The largest absolute Gasteiger partial charge is 0.496 e. The fraction of sp³-hybridized carbons (Fsp3) is 0.625. The minimum atomic E-state index is 0.113. The highest BCUT2D eigenvalue weighted by Gasteiger charge is 2.27. The standard InChI is InChI=1S/C16H23NO2/c1-18-15-8-3-2-7-14(15)16(11-17-12-9-10-12)19-13-5-4-6-13/h2-3,7-8,12-13,16-17H,4-6,9-11H2,1H3. The predicted octanol–water partition coefficient (Wildman–Crippen LogP) is 3.06. The van der Waals surface area contributed by atoms with Crippen LogP contribution in [0.1, 0.15) is 43.8 Å². The Balaban J connectivity index is 1.70. The molecule has 0 spiro atoms. The smallest absolute Gasteiger partial charge is 0.124 e. The Morgan fingerprint density at radius 1 is 1.21 bits per heavy atom. The third-order valence-electron chi connectivity index (χ3n) is 4.06. The van der Waals surface area contributed by atoms with Crippen molar-refractivity contribution in [1.29, 1.82) is 0 Å². The predicted molar refractivity (Wildman–Crippen MR) is 75.5 cm³/mol. The van der Waals surface area contributed by atoms with Gasteiger partial charge in [0.1, 0.15) is 5.75 Å². The maximum absolute atomic E-state index is 6.25. The second kappa shape index (κ2) is 5.93. The van der Waals surface area contributed by atoms with Gasteiger partial charge in [0.25, 0.3) is 0 Å². The SMILES string of the molecule is COc1ccccc1C(CNC1CC1)OC1CCC1. The lowest BCUT2D eigenvalue weighted by molar-refractivity contribution is -0.0528. The molecule has 19 heavy (non-hydrogen) atoms. The zero-order chi connectivity index (χ0) is 13.1. The van der Waals surface area contributed by atoms with Crippen LogP contribution in [0.25, 0.3) is 0 Å². The molecule has 0 aromatic heterocycles. The quantitative estimate of drug-likeness (QED) is 0.818. The van der Waals surface area contributed by atoms with Gasteiger partial charge >= 0.3 is 0 Å². The molecule has 1 unspecified atom stereocenters. The second-order valence-electron chi connectivity index (χ2n) is 5.60. The Hall–Kier alpha value is -1.06. The van der Waals surface area contributed by atoms with Gasteiger partial charge in [0, 0.05) is 18.2 Å². The number of ether oxygens (including phenoxy) is 2. The van der Waals surface area contributed by atoms with Crippen LogP contribution in [0.5, 0.6) is 5.75 Å². The molecule has 0 radical (unpaired) electrons. The van der Waals surface area contributed by atoms with E-state index in [1.54, 1.807) is 7.11 Å². The summed E-state index contributed by atoms with van der Waals surface area (Å²) in [6, 6.07) is 8.92. The number of rotatable bonds is 7. The normalized spacial score (nSPS) is 20.9. The lowest BCUT2D eigenvalue weighted by Crippen LogP contribution is -2.31. The number of benzene rings is 1. The molecule has 2 aliphatic rings. The minimum absolute atomic E-state index is 0.113. The minimum Gasteiger partial charge on any atom is -0.496 e. The number of hydrogen-bond donors (Lipinski definition) is 1.